The first-order valence-electron chi connectivity index (χ1n) is 8.85. The molecule has 0 radical (unpaired) electrons. The standard InChI is InChI=1S/C20H23N3O3S/c1-3-26-20(25)23-10-9-15-16(12-23)27-19(18(15)21)22-17(24)8-7-14-6-4-5-13(2)11-14/h4-8,11H,3,9-10,12,21H2,1-2H3,(H,22,24)/b8-7+. The van der Waals surface area contributed by atoms with Crippen LogP contribution < -0.4 is 11.1 Å². The lowest BCUT2D eigenvalue weighted by Gasteiger charge is -2.26. The molecule has 0 aliphatic carbocycles. The minimum atomic E-state index is -0.318. The van der Waals surface area contributed by atoms with Crippen molar-refractivity contribution < 1.29 is 14.3 Å². The van der Waals surface area contributed by atoms with E-state index in [1.54, 1.807) is 17.9 Å². The topological polar surface area (TPSA) is 84.7 Å². The Morgan fingerprint density at radius 3 is 2.96 bits per heavy atom. The molecule has 0 saturated carbocycles. The number of hydrogen-bond donors (Lipinski definition) is 2. The maximum absolute atomic E-state index is 12.3. The lowest BCUT2D eigenvalue weighted by molar-refractivity contribution is -0.111. The molecule has 0 unspecified atom stereocenters. The summed E-state index contributed by atoms with van der Waals surface area (Å²) in [5, 5.41) is 3.48. The number of amides is 2. The van der Waals surface area contributed by atoms with Crippen LogP contribution in [0.2, 0.25) is 0 Å². The van der Waals surface area contributed by atoms with E-state index in [1.807, 2.05) is 31.2 Å². The lowest BCUT2D eigenvalue weighted by Crippen LogP contribution is -2.35. The highest BCUT2D eigenvalue weighted by molar-refractivity contribution is 7.17. The Bertz CT molecular complexity index is 889. The minimum absolute atomic E-state index is 0.232. The van der Waals surface area contributed by atoms with Gasteiger partial charge in [-0.3, -0.25) is 4.79 Å². The zero-order valence-corrected chi connectivity index (χ0v) is 16.3. The van der Waals surface area contributed by atoms with Crippen LogP contribution >= 0.6 is 11.3 Å². The molecule has 0 atom stereocenters. The first-order valence-corrected chi connectivity index (χ1v) is 9.67. The Morgan fingerprint density at radius 1 is 1.41 bits per heavy atom. The summed E-state index contributed by atoms with van der Waals surface area (Å²) in [6.07, 6.45) is 3.61. The van der Waals surface area contributed by atoms with E-state index in [1.165, 1.54) is 17.4 Å². The van der Waals surface area contributed by atoms with Gasteiger partial charge >= 0.3 is 6.09 Å². The minimum Gasteiger partial charge on any atom is -0.450 e. The summed E-state index contributed by atoms with van der Waals surface area (Å²) in [5.74, 6) is -0.232. The molecular weight excluding hydrogens is 362 g/mol. The fourth-order valence-corrected chi connectivity index (χ4v) is 4.18. The van der Waals surface area contributed by atoms with Crippen LogP contribution in [0.3, 0.4) is 0 Å². The summed E-state index contributed by atoms with van der Waals surface area (Å²) in [6, 6.07) is 7.91. The second kappa shape index (κ2) is 8.26. The number of nitrogens with one attached hydrogen (secondary N) is 1. The number of nitrogens with two attached hydrogens (primary N) is 1. The first-order chi connectivity index (χ1) is 13.0. The molecule has 0 spiro atoms. The molecule has 0 saturated heterocycles. The maximum Gasteiger partial charge on any atom is 0.410 e. The van der Waals surface area contributed by atoms with Gasteiger partial charge in [-0.25, -0.2) is 4.79 Å². The van der Waals surface area contributed by atoms with E-state index >= 15 is 0 Å². The van der Waals surface area contributed by atoms with Gasteiger partial charge in [0.1, 0.15) is 5.00 Å². The number of rotatable bonds is 4. The van der Waals surface area contributed by atoms with Crippen LogP contribution in [0.5, 0.6) is 0 Å². The molecule has 142 valence electrons. The van der Waals surface area contributed by atoms with Gasteiger partial charge in [0, 0.05) is 17.5 Å². The number of fused-ring (bicyclic) bond motifs is 1. The van der Waals surface area contributed by atoms with Crippen LogP contribution in [0.1, 0.15) is 28.5 Å². The quantitative estimate of drug-likeness (QED) is 0.784. The average molecular weight is 385 g/mol. The van der Waals surface area contributed by atoms with Crippen LogP contribution in [0.15, 0.2) is 30.3 Å². The smallest absolute Gasteiger partial charge is 0.410 e. The maximum atomic E-state index is 12.3. The third-order valence-corrected chi connectivity index (χ3v) is 5.48. The highest BCUT2D eigenvalue weighted by atomic mass is 32.1. The molecule has 3 N–H and O–H groups in total. The number of benzene rings is 1. The normalized spacial score (nSPS) is 13.5. The largest absolute Gasteiger partial charge is 0.450 e. The molecule has 1 aromatic heterocycles. The predicted octanol–water partition coefficient (Wildman–Crippen LogP) is 3.81. The number of carbonyl (C=O) groups is 2. The number of carbonyl (C=O) groups excluding carboxylic acids is 2. The van der Waals surface area contributed by atoms with Crippen LogP contribution in [0, 0.1) is 6.92 Å². The molecule has 27 heavy (non-hydrogen) atoms. The van der Waals surface area contributed by atoms with Crippen molar-refractivity contribution in [3.8, 4) is 0 Å². The SMILES string of the molecule is CCOC(=O)N1CCc2c(sc(NC(=O)/C=C/c3cccc(C)c3)c2N)C1. The van der Waals surface area contributed by atoms with E-state index in [-0.39, 0.29) is 12.0 Å². The average Bonchev–Trinajstić information content (AvgIpc) is 2.95. The van der Waals surface area contributed by atoms with Gasteiger partial charge in [-0.05, 0) is 37.5 Å². The monoisotopic (exact) mass is 385 g/mol. The highest BCUT2D eigenvalue weighted by Gasteiger charge is 2.26. The van der Waals surface area contributed by atoms with Gasteiger partial charge in [0.25, 0.3) is 0 Å². The third-order valence-electron chi connectivity index (χ3n) is 4.33. The second-order valence-corrected chi connectivity index (χ2v) is 7.46. The van der Waals surface area contributed by atoms with Crippen molar-refractivity contribution in [3.63, 3.8) is 0 Å². The van der Waals surface area contributed by atoms with E-state index in [4.69, 9.17) is 10.5 Å². The zero-order valence-electron chi connectivity index (χ0n) is 15.5. The van der Waals surface area contributed by atoms with Crippen molar-refractivity contribution in [3.05, 3.63) is 51.9 Å². The molecule has 2 amide bonds. The van der Waals surface area contributed by atoms with Crippen molar-refractivity contribution in [2.24, 2.45) is 0 Å². The van der Waals surface area contributed by atoms with Crippen molar-refractivity contribution in [2.75, 3.05) is 24.2 Å². The van der Waals surface area contributed by atoms with Gasteiger partial charge in [0.15, 0.2) is 0 Å². The number of aryl methyl sites for hydroxylation is 1. The summed E-state index contributed by atoms with van der Waals surface area (Å²) < 4.78 is 5.06. The van der Waals surface area contributed by atoms with E-state index < -0.39 is 0 Å². The fraction of sp³-hybridized carbons (Fsp3) is 0.300. The number of thiophene rings is 1. The molecule has 1 aliphatic rings. The molecule has 1 aromatic carbocycles. The summed E-state index contributed by atoms with van der Waals surface area (Å²) >= 11 is 1.41. The van der Waals surface area contributed by atoms with Crippen LogP contribution in [-0.4, -0.2) is 30.1 Å². The van der Waals surface area contributed by atoms with E-state index in [2.05, 4.69) is 5.32 Å². The summed E-state index contributed by atoms with van der Waals surface area (Å²) in [7, 11) is 0. The van der Waals surface area contributed by atoms with E-state index in [0.29, 0.717) is 36.8 Å². The van der Waals surface area contributed by atoms with Crippen molar-refractivity contribution in [1.82, 2.24) is 4.90 Å². The van der Waals surface area contributed by atoms with Gasteiger partial charge in [-0.2, -0.15) is 0 Å². The van der Waals surface area contributed by atoms with Crippen molar-refractivity contribution in [2.45, 2.75) is 26.8 Å². The molecule has 3 rings (SSSR count). The molecule has 1 aliphatic heterocycles. The number of ether oxygens (including phenoxy) is 1. The Balaban J connectivity index is 1.68. The van der Waals surface area contributed by atoms with Gasteiger partial charge < -0.3 is 20.7 Å². The molecule has 2 heterocycles. The van der Waals surface area contributed by atoms with Crippen molar-refractivity contribution in [1.29, 1.82) is 0 Å². The van der Waals surface area contributed by atoms with Crippen LogP contribution in [-0.2, 0) is 22.5 Å². The molecule has 2 aromatic rings. The summed E-state index contributed by atoms with van der Waals surface area (Å²) in [6.45, 7) is 5.16. The van der Waals surface area contributed by atoms with E-state index in [0.717, 1.165) is 21.6 Å². The molecule has 7 heteroatoms. The predicted molar refractivity (Wildman–Crippen MR) is 109 cm³/mol. The number of nitrogen functional groups attached to an aromatic ring is 1. The Labute approximate surface area is 162 Å². The summed E-state index contributed by atoms with van der Waals surface area (Å²) in [4.78, 5) is 26.8. The van der Waals surface area contributed by atoms with Crippen LogP contribution in [0.4, 0.5) is 15.5 Å². The van der Waals surface area contributed by atoms with Gasteiger partial charge in [-0.15, -0.1) is 11.3 Å². The van der Waals surface area contributed by atoms with Gasteiger partial charge in [0.05, 0.1) is 18.8 Å². The van der Waals surface area contributed by atoms with Gasteiger partial charge in [-0.1, -0.05) is 29.8 Å². The van der Waals surface area contributed by atoms with Crippen LogP contribution in [0.25, 0.3) is 6.08 Å². The number of nitrogens with zero attached hydrogens (tertiary/aromatic N) is 1. The zero-order chi connectivity index (χ0) is 19.4. The Morgan fingerprint density at radius 2 is 2.22 bits per heavy atom. The number of hydrogen-bond acceptors (Lipinski definition) is 5. The molecular formula is C20H23N3O3S. The fourth-order valence-electron chi connectivity index (χ4n) is 2.99. The highest BCUT2D eigenvalue weighted by Crippen LogP contribution is 2.39. The number of anilines is 2. The molecule has 0 bridgehead atoms. The second-order valence-electron chi connectivity index (χ2n) is 6.35. The van der Waals surface area contributed by atoms with Gasteiger partial charge in [0.2, 0.25) is 5.91 Å². The Hall–Kier alpha value is -2.80. The Kier molecular flexibility index (Phi) is 5.81. The summed E-state index contributed by atoms with van der Waals surface area (Å²) in [5.41, 5.74) is 9.93. The van der Waals surface area contributed by atoms with Crippen molar-refractivity contribution >= 4 is 40.1 Å². The third kappa shape index (κ3) is 4.49. The first kappa shape index (κ1) is 19.0. The van der Waals surface area contributed by atoms with E-state index in [9.17, 15) is 9.59 Å². The lowest BCUT2D eigenvalue weighted by atomic mass is 10.1. The molecule has 0 fully saturated rings. The molecule has 6 nitrogen and oxygen atoms in total.